The van der Waals surface area contributed by atoms with Gasteiger partial charge in [0.15, 0.2) is 0 Å². The molecular formula is C14H24N2O. The Morgan fingerprint density at radius 2 is 2.41 bits per heavy atom. The van der Waals surface area contributed by atoms with Gasteiger partial charge in [0.25, 0.3) is 0 Å². The minimum Gasteiger partial charge on any atom is -0.380 e. The van der Waals surface area contributed by atoms with Crippen molar-refractivity contribution in [3.05, 3.63) is 11.6 Å². The average Bonchev–Trinajstić information content (AvgIpc) is 2.94. The van der Waals surface area contributed by atoms with E-state index in [9.17, 15) is 0 Å². The maximum Gasteiger partial charge on any atom is 0.0673 e. The zero-order valence-corrected chi connectivity index (χ0v) is 10.8. The zero-order valence-electron chi connectivity index (χ0n) is 10.8. The van der Waals surface area contributed by atoms with Crippen LogP contribution in [-0.4, -0.2) is 50.3 Å². The normalized spacial score (nSPS) is 37.5. The van der Waals surface area contributed by atoms with E-state index in [0.29, 0.717) is 0 Å². The van der Waals surface area contributed by atoms with Gasteiger partial charge in [-0.1, -0.05) is 6.08 Å². The van der Waals surface area contributed by atoms with Crippen molar-refractivity contribution in [1.29, 1.82) is 0 Å². The Balaban J connectivity index is 1.48. The van der Waals surface area contributed by atoms with Gasteiger partial charge in [0.05, 0.1) is 6.61 Å². The summed E-state index contributed by atoms with van der Waals surface area (Å²) in [4.78, 5) is 2.62. The van der Waals surface area contributed by atoms with E-state index >= 15 is 0 Å². The predicted molar refractivity (Wildman–Crippen MR) is 69.1 cm³/mol. The Hall–Kier alpha value is -0.380. The molecule has 0 amide bonds. The van der Waals surface area contributed by atoms with Gasteiger partial charge >= 0.3 is 0 Å². The van der Waals surface area contributed by atoms with Crippen LogP contribution in [-0.2, 0) is 4.74 Å². The van der Waals surface area contributed by atoms with Gasteiger partial charge in [-0.15, -0.1) is 0 Å². The summed E-state index contributed by atoms with van der Waals surface area (Å²) in [7, 11) is 1.79. The maximum absolute atomic E-state index is 5.19. The molecular weight excluding hydrogens is 212 g/mol. The minimum absolute atomic E-state index is 0.823. The molecule has 3 unspecified atom stereocenters. The van der Waals surface area contributed by atoms with E-state index in [4.69, 9.17) is 4.74 Å². The van der Waals surface area contributed by atoms with E-state index in [1.165, 1.54) is 44.3 Å². The van der Waals surface area contributed by atoms with Gasteiger partial charge in [0.1, 0.15) is 0 Å². The predicted octanol–water partition coefficient (Wildman–Crippen LogP) is 1.41. The van der Waals surface area contributed by atoms with Crippen LogP contribution in [0.4, 0.5) is 0 Å². The molecule has 0 aliphatic carbocycles. The average molecular weight is 236 g/mol. The number of nitrogens with zero attached hydrogens (tertiary/aromatic N) is 1. The van der Waals surface area contributed by atoms with Gasteiger partial charge in [-0.3, -0.25) is 4.90 Å². The SMILES string of the molecule is COCC1=CCN(CC2CC3CCC2N3)CC1. The van der Waals surface area contributed by atoms with E-state index < -0.39 is 0 Å². The number of nitrogens with one attached hydrogen (secondary N) is 1. The van der Waals surface area contributed by atoms with E-state index in [1.807, 2.05) is 0 Å². The molecule has 0 radical (unpaired) electrons. The van der Waals surface area contributed by atoms with Crippen LogP contribution in [0, 0.1) is 5.92 Å². The summed E-state index contributed by atoms with van der Waals surface area (Å²) in [5, 5.41) is 3.73. The lowest BCUT2D eigenvalue weighted by molar-refractivity contribution is 0.197. The zero-order chi connectivity index (χ0) is 11.7. The molecule has 96 valence electrons. The molecule has 0 spiro atoms. The molecule has 0 saturated carbocycles. The molecule has 3 heteroatoms. The van der Waals surface area contributed by atoms with Crippen LogP contribution in [0.3, 0.4) is 0 Å². The van der Waals surface area contributed by atoms with E-state index in [0.717, 1.165) is 31.2 Å². The second-order valence-corrected chi connectivity index (χ2v) is 5.85. The van der Waals surface area contributed by atoms with Crippen LogP contribution < -0.4 is 5.32 Å². The smallest absolute Gasteiger partial charge is 0.0673 e. The first-order chi connectivity index (χ1) is 8.35. The van der Waals surface area contributed by atoms with Gasteiger partial charge in [-0.2, -0.15) is 0 Å². The summed E-state index contributed by atoms with van der Waals surface area (Å²) in [6.45, 7) is 4.48. The van der Waals surface area contributed by atoms with Crippen molar-refractivity contribution in [3.63, 3.8) is 0 Å². The molecule has 3 aliphatic rings. The third kappa shape index (κ3) is 2.56. The largest absolute Gasteiger partial charge is 0.380 e. The van der Waals surface area contributed by atoms with Gasteiger partial charge in [-0.25, -0.2) is 0 Å². The lowest BCUT2D eigenvalue weighted by atomic mass is 9.88. The Kier molecular flexibility index (Phi) is 3.50. The van der Waals surface area contributed by atoms with Crippen LogP contribution >= 0.6 is 0 Å². The number of methoxy groups -OCH3 is 1. The van der Waals surface area contributed by atoms with Gasteiger partial charge in [-0.05, 0) is 37.2 Å². The highest BCUT2D eigenvalue weighted by Crippen LogP contribution is 2.33. The van der Waals surface area contributed by atoms with Crippen LogP contribution in [0.25, 0.3) is 0 Å². The monoisotopic (exact) mass is 236 g/mol. The van der Waals surface area contributed by atoms with Crippen LogP contribution in [0.2, 0.25) is 0 Å². The first-order valence-corrected chi connectivity index (χ1v) is 7.00. The van der Waals surface area contributed by atoms with Crippen molar-refractivity contribution in [2.24, 2.45) is 5.92 Å². The van der Waals surface area contributed by atoms with Crippen LogP contribution in [0.15, 0.2) is 11.6 Å². The summed E-state index contributed by atoms with van der Waals surface area (Å²) in [5.41, 5.74) is 1.48. The third-order valence-electron chi connectivity index (χ3n) is 4.64. The van der Waals surface area contributed by atoms with Gasteiger partial charge in [0, 0.05) is 38.8 Å². The quantitative estimate of drug-likeness (QED) is 0.747. The molecule has 0 aromatic heterocycles. The lowest BCUT2D eigenvalue weighted by Gasteiger charge is -2.31. The Morgan fingerprint density at radius 3 is 3.00 bits per heavy atom. The Morgan fingerprint density at radius 1 is 1.47 bits per heavy atom. The second kappa shape index (κ2) is 5.09. The van der Waals surface area contributed by atoms with Crippen LogP contribution in [0.1, 0.15) is 25.7 Å². The summed E-state index contributed by atoms with van der Waals surface area (Å²) < 4.78 is 5.19. The van der Waals surface area contributed by atoms with Crippen molar-refractivity contribution in [2.45, 2.75) is 37.8 Å². The minimum atomic E-state index is 0.823. The second-order valence-electron chi connectivity index (χ2n) is 5.85. The lowest BCUT2D eigenvalue weighted by Crippen LogP contribution is -2.37. The molecule has 1 N–H and O–H groups in total. The fourth-order valence-corrected chi connectivity index (χ4v) is 3.71. The molecule has 3 nitrogen and oxygen atoms in total. The highest BCUT2D eigenvalue weighted by atomic mass is 16.5. The molecule has 3 rings (SSSR count). The van der Waals surface area contributed by atoms with Crippen molar-refractivity contribution in [1.82, 2.24) is 10.2 Å². The van der Waals surface area contributed by atoms with Crippen molar-refractivity contribution >= 4 is 0 Å². The molecule has 3 atom stereocenters. The standard InChI is InChI=1S/C14H24N2O/c1-17-10-11-4-6-16(7-5-11)9-12-8-13-2-3-14(12)15-13/h4,12-15H,2-3,5-10H2,1H3. The third-order valence-corrected chi connectivity index (χ3v) is 4.64. The molecule has 3 heterocycles. The first kappa shape index (κ1) is 11.7. The van der Waals surface area contributed by atoms with E-state index in [2.05, 4.69) is 16.3 Å². The fraction of sp³-hybridized carbons (Fsp3) is 0.857. The molecule has 17 heavy (non-hydrogen) atoms. The van der Waals surface area contributed by atoms with Gasteiger partial charge < -0.3 is 10.1 Å². The molecule has 2 bridgehead atoms. The van der Waals surface area contributed by atoms with E-state index in [1.54, 1.807) is 7.11 Å². The van der Waals surface area contributed by atoms with Crippen LogP contribution in [0.5, 0.6) is 0 Å². The summed E-state index contributed by atoms with van der Waals surface area (Å²) in [6, 6.07) is 1.67. The summed E-state index contributed by atoms with van der Waals surface area (Å²) in [5.74, 6) is 0.908. The highest BCUT2D eigenvalue weighted by molar-refractivity contribution is 5.08. The van der Waals surface area contributed by atoms with Gasteiger partial charge in [0.2, 0.25) is 0 Å². The Bertz CT molecular complexity index is 303. The molecule has 2 fully saturated rings. The number of hydrogen-bond donors (Lipinski definition) is 1. The van der Waals surface area contributed by atoms with Crippen molar-refractivity contribution in [2.75, 3.05) is 33.4 Å². The topological polar surface area (TPSA) is 24.5 Å². The summed E-state index contributed by atoms with van der Waals surface area (Å²) in [6.07, 6.45) is 7.80. The molecule has 3 aliphatic heterocycles. The molecule has 0 aromatic rings. The highest BCUT2D eigenvalue weighted by Gasteiger charge is 2.39. The first-order valence-electron chi connectivity index (χ1n) is 7.00. The fourth-order valence-electron chi connectivity index (χ4n) is 3.71. The van der Waals surface area contributed by atoms with E-state index in [-0.39, 0.29) is 0 Å². The van der Waals surface area contributed by atoms with Crippen molar-refractivity contribution < 1.29 is 4.74 Å². The number of ether oxygens (including phenoxy) is 1. The number of hydrogen-bond acceptors (Lipinski definition) is 3. The van der Waals surface area contributed by atoms with Crippen molar-refractivity contribution in [3.8, 4) is 0 Å². The number of fused-ring (bicyclic) bond motifs is 2. The number of rotatable bonds is 4. The maximum atomic E-state index is 5.19. The summed E-state index contributed by atoms with van der Waals surface area (Å²) >= 11 is 0. The molecule has 2 saturated heterocycles. The molecule has 0 aromatic carbocycles. The Labute approximate surface area is 104 Å².